The normalized spacial score (nSPS) is 10.2. The first-order valence-corrected chi connectivity index (χ1v) is 6.81. The Hall–Kier alpha value is -2.35. The summed E-state index contributed by atoms with van der Waals surface area (Å²) >= 11 is 3.14. The average Bonchev–Trinajstić information content (AvgIpc) is 2.84. The van der Waals surface area contributed by atoms with E-state index in [1.807, 2.05) is 0 Å². The molecule has 1 heterocycles. The average molecular weight is 353 g/mol. The van der Waals surface area contributed by atoms with Gasteiger partial charge in [-0.05, 0) is 40.2 Å². The molecule has 1 aromatic carbocycles. The lowest BCUT2D eigenvalue weighted by Crippen LogP contribution is -2.29. The number of nitrogens with zero attached hydrogens (tertiary/aromatic N) is 2. The van der Waals surface area contributed by atoms with E-state index in [1.165, 1.54) is 6.07 Å². The van der Waals surface area contributed by atoms with Gasteiger partial charge < -0.3 is 15.7 Å². The van der Waals surface area contributed by atoms with Crippen molar-refractivity contribution in [1.29, 1.82) is 0 Å². The third-order valence-electron chi connectivity index (χ3n) is 2.81. The predicted molar refractivity (Wildman–Crippen MR) is 80.2 cm³/mol. The standard InChI is InChI=1S/C13H13BrN4O3/c1-18-9(4-5-16-18)7-15-13(21)17-8-2-3-11(14)10(6-8)12(19)20/h2-6H,7H2,1H3,(H,19,20)(H2,15,17,21). The van der Waals surface area contributed by atoms with Crippen LogP contribution in [0.5, 0.6) is 0 Å². The third kappa shape index (κ3) is 3.82. The minimum atomic E-state index is -1.07. The van der Waals surface area contributed by atoms with E-state index >= 15 is 0 Å². The maximum absolute atomic E-state index is 11.8. The fraction of sp³-hybridized carbons (Fsp3) is 0.154. The number of carbonyl (C=O) groups excluding carboxylic acids is 1. The van der Waals surface area contributed by atoms with Crippen LogP contribution < -0.4 is 10.6 Å². The topological polar surface area (TPSA) is 96.3 Å². The molecule has 0 aliphatic heterocycles. The number of carboxylic acid groups (broad SMARTS) is 1. The summed E-state index contributed by atoms with van der Waals surface area (Å²) in [6, 6.07) is 5.94. The Balaban J connectivity index is 1.98. The monoisotopic (exact) mass is 352 g/mol. The molecule has 0 aliphatic rings. The molecule has 8 heteroatoms. The lowest BCUT2D eigenvalue weighted by Gasteiger charge is -2.09. The van der Waals surface area contributed by atoms with E-state index in [9.17, 15) is 9.59 Å². The molecule has 2 aromatic rings. The molecule has 7 nitrogen and oxygen atoms in total. The second kappa shape index (κ2) is 6.40. The van der Waals surface area contributed by atoms with E-state index in [1.54, 1.807) is 36.1 Å². The highest BCUT2D eigenvalue weighted by Crippen LogP contribution is 2.21. The van der Waals surface area contributed by atoms with Crippen LogP contribution in [0.25, 0.3) is 0 Å². The summed E-state index contributed by atoms with van der Waals surface area (Å²) in [7, 11) is 1.78. The third-order valence-corrected chi connectivity index (χ3v) is 3.50. The van der Waals surface area contributed by atoms with Crippen molar-refractivity contribution in [1.82, 2.24) is 15.1 Å². The Kier molecular flexibility index (Phi) is 4.59. The molecule has 110 valence electrons. The van der Waals surface area contributed by atoms with Crippen molar-refractivity contribution in [3.05, 3.63) is 46.2 Å². The quantitative estimate of drug-likeness (QED) is 0.785. The number of benzene rings is 1. The molecule has 0 atom stereocenters. The van der Waals surface area contributed by atoms with Gasteiger partial charge in [-0.3, -0.25) is 4.68 Å². The summed E-state index contributed by atoms with van der Waals surface area (Å²) in [4.78, 5) is 22.8. The Labute approximate surface area is 129 Å². The molecule has 0 saturated heterocycles. The number of hydrogen-bond acceptors (Lipinski definition) is 3. The Morgan fingerprint density at radius 3 is 2.76 bits per heavy atom. The number of amides is 2. The van der Waals surface area contributed by atoms with Crippen LogP contribution in [0.1, 0.15) is 16.1 Å². The zero-order valence-electron chi connectivity index (χ0n) is 11.1. The van der Waals surface area contributed by atoms with Crippen molar-refractivity contribution in [2.45, 2.75) is 6.54 Å². The minimum absolute atomic E-state index is 0.0828. The van der Waals surface area contributed by atoms with Gasteiger partial charge in [0.1, 0.15) is 0 Å². The van der Waals surface area contributed by atoms with Gasteiger partial charge in [0.05, 0.1) is 17.8 Å². The van der Waals surface area contributed by atoms with Crippen LogP contribution in [0, 0.1) is 0 Å². The zero-order chi connectivity index (χ0) is 15.4. The summed E-state index contributed by atoms with van der Waals surface area (Å²) in [5.74, 6) is -1.07. The SMILES string of the molecule is Cn1nccc1CNC(=O)Nc1ccc(Br)c(C(=O)O)c1. The molecule has 0 aliphatic carbocycles. The first-order chi connectivity index (χ1) is 9.97. The summed E-state index contributed by atoms with van der Waals surface area (Å²) in [6.45, 7) is 0.324. The lowest BCUT2D eigenvalue weighted by atomic mass is 10.2. The summed E-state index contributed by atoms with van der Waals surface area (Å²) in [5.41, 5.74) is 1.34. The largest absolute Gasteiger partial charge is 0.478 e. The van der Waals surface area contributed by atoms with Crippen molar-refractivity contribution in [3.8, 4) is 0 Å². The van der Waals surface area contributed by atoms with Crippen LogP contribution in [0.2, 0.25) is 0 Å². The molecular weight excluding hydrogens is 340 g/mol. The highest BCUT2D eigenvalue weighted by Gasteiger charge is 2.10. The molecule has 0 radical (unpaired) electrons. The smallest absolute Gasteiger partial charge is 0.336 e. The minimum Gasteiger partial charge on any atom is -0.478 e. The van der Waals surface area contributed by atoms with E-state index in [-0.39, 0.29) is 5.56 Å². The molecule has 0 saturated carbocycles. The number of hydrogen-bond donors (Lipinski definition) is 3. The number of halogens is 1. The van der Waals surface area contributed by atoms with Crippen molar-refractivity contribution in [2.24, 2.45) is 7.05 Å². The number of anilines is 1. The van der Waals surface area contributed by atoms with Crippen LogP contribution in [-0.4, -0.2) is 26.9 Å². The van der Waals surface area contributed by atoms with Gasteiger partial charge in [0.25, 0.3) is 0 Å². The summed E-state index contributed by atoms with van der Waals surface area (Å²) < 4.78 is 2.11. The van der Waals surface area contributed by atoms with Crippen LogP contribution in [-0.2, 0) is 13.6 Å². The molecule has 21 heavy (non-hydrogen) atoms. The van der Waals surface area contributed by atoms with Crippen LogP contribution in [0.4, 0.5) is 10.5 Å². The summed E-state index contributed by atoms with van der Waals surface area (Å²) in [5, 5.41) is 18.3. The van der Waals surface area contributed by atoms with Crippen molar-refractivity contribution >= 4 is 33.6 Å². The Bertz CT molecular complexity index is 684. The van der Waals surface area contributed by atoms with E-state index in [0.29, 0.717) is 16.7 Å². The van der Waals surface area contributed by atoms with Gasteiger partial charge in [-0.2, -0.15) is 5.10 Å². The molecule has 0 unspecified atom stereocenters. The van der Waals surface area contributed by atoms with Gasteiger partial charge in [-0.15, -0.1) is 0 Å². The second-order valence-electron chi connectivity index (χ2n) is 4.25. The molecule has 2 rings (SSSR count). The number of rotatable bonds is 4. The Morgan fingerprint density at radius 2 is 2.14 bits per heavy atom. The molecule has 0 bridgehead atoms. The number of nitrogens with one attached hydrogen (secondary N) is 2. The van der Waals surface area contributed by atoms with Gasteiger partial charge in [0.15, 0.2) is 0 Å². The number of carboxylic acids is 1. The summed E-state index contributed by atoms with van der Waals surface area (Å²) in [6.07, 6.45) is 1.64. The van der Waals surface area contributed by atoms with E-state index < -0.39 is 12.0 Å². The molecule has 3 N–H and O–H groups in total. The fourth-order valence-electron chi connectivity index (χ4n) is 1.69. The number of urea groups is 1. The molecule has 0 spiro atoms. The fourth-order valence-corrected chi connectivity index (χ4v) is 2.10. The molecule has 0 fully saturated rings. The maximum atomic E-state index is 11.8. The van der Waals surface area contributed by atoms with Gasteiger partial charge >= 0.3 is 12.0 Å². The zero-order valence-corrected chi connectivity index (χ0v) is 12.7. The number of carbonyl (C=O) groups is 2. The first kappa shape index (κ1) is 15.0. The van der Waals surface area contributed by atoms with E-state index in [2.05, 4.69) is 31.7 Å². The van der Waals surface area contributed by atoms with Gasteiger partial charge in [0, 0.05) is 23.4 Å². The highest BCUT2D eigenvalue weighted by molar-refractivity contribution is 9.10. The molecular formula is C13H13BrN4O3. The van der Waals surface area contributed by atoms with Gasteiger partial charge in [-0.1, -0.05) is 0 Å². The van der Waals surface area contributed by atoms with Gasteiger partial charge in [-0.25, -0.2) is 9.59 Å². The number of aryl methyl sites for hydroxylation is 1. The Morgan fingerprint density at radius 1 is 1.38 bits per heavy atom. The number of aromatic carboxylic acids is 1. The van der Waals surface area contributed by atoms with E-state index in [0.717, 1.165) is 5.69 Å². The van der Waals surface area contributed by atoms with Crippen LogP contribution in [0.3, 0.4) is 0 Å². The van der Waals surface area contributed by atoms with Gasteiger partial charge in [0.2, 0.25) is 0 Å². The van der Waals surface area contributed by atoms with E-state index in [4.69, 9.17) is 5.11 Å². The van der Waals surface area contributed by atoms with Crippen molar-refractivity contribution < 1.29 is 14.7 Å². The lowest BCUT2D eigenvalue weighted by molar-refractivity contribution is 0.0696. The van der Waals surface area contributed by atoms with Crippen molar-refractivity contribution in [3.63, 3.8) is 0 Å². The van der Waals surface area contributed by atoms with Crippen LogP contribution in [0.15, 0.2) is 34.9 Å². The maximum Gasteiger partial charge on any atom is 0.336 e. The highest BCUT2D eigenvalue weighted by atomic mass is 79.9. The number of aromatic nitrogens is 2. The van der Waals surface area contributed by atoms with Crippen LogP contribution >= 0.6 is 15.9 Å². The first-order valence-electron chi connectivity index (χ1n) is 6.02. The molecule has 2 amide bonds. The second-order valence-corrected chi connectivity index (χ2v) is 5.11. The van der Waals surface area contributed by atoms with Crippen molar-refractivity contribution in [2.75, 3.05) is 5.32 Å². The molecule has 1 aromatic heterocycles. The predicted octanol–water partition coefficient (Wildman–Crippen LogP) is 2.20.